The molecule has 0 spiro atoms. The number of nitro groups is 1. The van der Waals surface area contributed by atoms with E-state index in [0.717, 1.165) is 6.21 Å². The molecular formula is C13H9N3O6. The van der Waals surface area contributed by atoms with Crippen LogP contribution in [-0.4, -0.2) is 23.8 Å². The normalized spacial score (nSPS) is 12.5. The quantitative estimate of drug-likeness (QED) is 0.522. The van der Waals surface area contributed by atoms with Gasteiger partial charge in [-0.1, -0.05) is 0 Å². The third kappa shape index (κ3) is 2.73. The van der Waals surface area contributed by atoms with E-state index in [9.17, 15) is 14.9 Å². The van der Waals surface area contributed by atoms with Crippen LogP contribution in [0.2, 0.25) is 0 Å². The third-order valence-electron chi connectivity index (χ3n) is 2.79. The molecule has 9 heteroatoms. The predicted octanol–water partition coefficient (Wildman–Crippen LogP) is 1.68. The molecule has 1 aliphatic rings. The number of hydrogen-bond acceptors (Lipinski definition) is 7. The van der Waals surface area contributed by atoms with Crippen molar-refractivity contribution in [2.45, 2.75) is 0 Å². The summed E-state index contributed by atoms with van der Waals surface area (Å²) in [6, 6.07) is 7.28. The van der Waals surface area contributed by atoms with Crippen LogP contribution >= 0.6 is 0 Å². The molecule has 9 nitrogen and oxygen atoms in total. The molecule has 0 atom stereocenters. The second kappa shape index (κ2) is 5.56. The van der Waals surface area contributed by atoms with Crippen LogP contribution in [0.3, 0.4) is 0 Å². The highest BCUT2D eigenvalue weighted by Gasteiger charge is 2.16. The zero-order valence-corrected chi connectivity index (χ0v) is 11.0. The first-order valence-corrected chi connectivity index (χ1v) is 6.11. The number of rotatable bonds is 4. The van der Waals surface area contributed by atoms with Crippen LogP contribution in [0.25, 0.3) is 0 Å². The van der Waals surface area contributed by atoms with Crippen molar-refractivity contribution in [2.24, 2.45) is 5.10 Å². The number of ether oxygens (including phenoxy) is 2. The smallest absolute Gasteiger partial charge is 0.433 e. The van der Waals surface area contributed by atoms with Crippen molar-refractivity contribution in [2.75, 3.05) is 6.79 Å². The molecule has 1 N–H and O–H groups in total. The average Bonchev–Trinajstić information content (AvgIpc) is 3.15. The lowest BCUT2D eigenvalue weighted by Crippen LogP contribution is -2.17. The van der Waals surface area contributed by atoms with Gasteiger partial charge in [0.15, 0.2) is 17.3 Å². The molecule has 0 fully saturated rings. The summed E-state index contributed by atoms with van der Waals surface area (Å²) in [5, 5.41) is 14.1. The standard InChI is InChI=1S/C13H9N3O6/c17-13(8-1-3-10-11(5-8)21-7-20-10)15-14-6-9-2-4-12(22-9)16(18)19/h1-6H,7H2,(H,15,17). The Labute approximate surface area is 123 Å². The predicted molar refractivity (Wildman–Crippen MR) is 73.0 cm³/mol. The molecule has 0 saturated carbocycles. The number of nitrogens with zero attached hydrogens (tertiary/aromatic N) is 2. The number of fused-ring (bicyclic) bond motifs is 1. The lowest BCUT2D eigenvalue weighted by molar-refractivity contribution is -0.402. The highest BCUT2D eigenvalue weighted by atomic mass is 16.7. The molecule has 2 aromatic rings. The molecule has 1 aromatic carbocycles. The van der Waals surface area contributed by atoms with Gasteiger partial charge in [0.1, 0.15) is 4.92 Å². The number of hydrazone groups is 1. The van der Waals surface area contributed by atoms with Crippen LogP contribution in [0.5, 0.6) is 11.5 Å². The van der Waals surface area contributed by atoms with Gasteiger partial charge in [0.05, 0.1) is 12.3 Å². The second-order valence-corrected chi connectivity index (χ2v) is 4.20. The largest absolute Gasteiger partial charge is 0.454 e. The van der Waals surface area contributed by atoms with Crippen molar-refractivity contribution in [1.82, 2.24) is 5.43 Å². The van der Waals surface area contributed by atoms with Gasteiger partial charge in [-0.15, -0.1) is 0 Å². The van der Waals surface area contributed by atoms with Crippen LogP contribution < -0.4 is 14.9 Å². The van der Waals surface area contributed by atoms with Crippen LogP contribution in [0.4, 0.5) is 5.88 Å². The molecule has 0 aliphatic carbocycles. The van der Waals surface area contributed by atoms with Gasteiger partial charge in [0.25, 0.3) is 5.91 Å². The summed E-state index contributed by atoms with van der Waals surface area (Å²) in [5.74, 6) is 0.345. The number of furan rings is 1. The highest BCUT2D eigenvalue weighted by Crippen LogP contribution is 2.32. The number of hydrogen-bond donors (Lipinski definition) is 1. The minimum absolute atomic E-state index is 0.121. The maximum atomic E-state index is 11.9. The molecule has 22 heavy (non-hydrogen) atoms. The minimum atomic E-state index is -0.664. The Balaban J connectivity index is 1.64. The first-order valence-electron chi connectivity index (χ1n) is 6.11. The Morgan fingerprint density at radius 1 is 1.27 bits per heavy atom. The Morgan fingerprint density at radius 2 is 2.09 bits per heavy atom. The molecule has 1 aromatic heterocycles. The molecule has 1 amide bonds. The van der Waals surface area contributed by atoms with Gasteiger partial charge >= 0.3 is 5.88 Å². The summed E-state index contributed by atoms with van der Waals surface area (Å²) in [4.78, 5) is 21.7. The van der Waals surface area contributed by atoms with Crippen LogP contribution in [-0.2, 0) is 0 Å². The topological polar surface area (TPSA) is 116 Å². The maximum absolute atomic E-state index is 11.9. The minimum Gasteiger partial charge on any atom is -0.454 e. The fraction of sp³-hybridized carbons (Fsp3) is 0.0769. The van der Waals surface area contributed by atoms with Gasteiger partial charge in [0, 0.05) is 5.56 Å². The summed E-state index contributed by atoms with van der Waals surface area (Å²) in [7, 11) is 0. The van der Waals surface area contributed by atoms with Crippen molar-refractivity contribution in [3.05, 3.63) is 51.8 Å². The van der Waals surface area contributed by atoms with E-state index >= 15 is 0 Å². The van der Waals surface area contributed by atoms with E-state index in [1.165, 1.54) is 18.2 Å². The summed E-state index contributed by atoms with van der Waals surface area (Å²) < 4.78 is 15.2. The Hall–Kier alpha value is -3.36. The van der Waals surface area contributed by atoms with Gasteiger partial charge in [-0.2, -0.15) is 5.10 Å². The molecule has 1 aliphatic heterocycles. The lowest BCUT2D eigenvalue weighted by Gasteiger charge is -2.01. The van der Waals surface area contributed by atoms with E-state index in [0.29, 0.717) is 17.1 Å². The maximum Gasteiger partial charge on any atom is 0.433 e. The molecule has 2 heterocycles. The van der Waals surface area contributed by atoms with E-state index < -0.39 is 16.7 Å². The van der Waals surface area contributed by atoms with Crippen molar-refractivity contribution in [3.8, 4) is 11.5 Å². The van der Waals surface area contributed by atoms with Crippen molar-refractivity contribution < 1.29 is 23.6 Å². The van der Waals surface area contributed by atoms with E-state index in [2.05, 4.69) is 10.5 Å². The van der Waals surface area contributed by atoms with Crippen LogP contribution in [0.15, 0.2) is 39.9 Å². The first-order chi connectivity index (χ1) is 10.6. The molecule has 0 bridgehead atoms. The Morgan fingerprint density at radius 3 is 2.86 bits per heavy atom. The van der Waals surface area contributed by atoms with Crippen LogP contribution in [0, 0.1) is 10.1 Å². The summed E-state index contributed by atoms with van der Waals surface area (Å²) in [6.07, 6.45) is 1.16. The molecule has 0 saturated heterocycles. The molecule has 0 radical (unpaired) electrons. The van der Waals surface area contributed by atoms with E-state index in [1.807, 2.05) is 0 Å². The van der Waals surface area contributed by atoms with Gasteiger partial charge in [0.2, 0.25) is 6.79 Å². The van der Waals surface area contributed by atoms with E-state index in [4.69, 9.17) is 13.9 Å². The molecule has 0 unspecified atom stereocenters. The fourth-order valence-corrected chi connectivity index (χ4v) is 1.77. The van der Waals surface area contributed by atoms with Gasteiger partial charge in [-0.3, -0.25) is 14.9 Å². The molecule has 112 valence electrons. The van der Waals surface area contributed by atoms with Gasteiger partial charge in [-0.05, 0) is 24.3 Å². The van der Waals surface area contributed by atoms with Gasteiger partial charge in [-0.25, -0.2) is 5.43 Å². The van der Waals surface area contributed by atoms with Crippen molar-refractivity contribution >= 4 is 18.0 Å². The zero-order chi connectivity index (χ0) is 15.5. The Kier molecular flexibility index (Phi) is 3.44. The SMILES string of the molecule is O=C(NN=Cc1ccc([N+](=O)[O-])o1)c1ccc2c(c1)OCO2. The number of nitrogens with one attached hydrogen (secondary N) is 1. The van der Waals surface area contributed by atoms with E-state index in [-0.39, 0.29) is 12.6 Å². The van der Waals surface area contributed by atoms with E-state index in [1.54, 1.807) is 12.1 Å². The Bertz CT molecular complexity index is 767. The van der Waals surface area contributed by atoms with Crippen molar-refractivity contribution in [3.63, 3.8) is 0 Å². The van der Waals surface area contributed by atoms with Crippen LogP contribution in [0.1, 0.15) is 16.1 Å². The zero-order valence-electron chi connectivity index (χ0n) is 11.0. The average molecular weight is 303 g/mol. The number of benzene rings is 1. The number of carbonyl (C=O) groups excluding carboxylic acids is 1. The van der Waals surface area contributed by atoms with Crippen molar-refractivity contribution in [1.29, 1.82) is 0 Å². The first kappa shape index (κ1) is 13.6. The molecular weight excluding hydrogens is 294 g/mol. The molecule has 3 rings (SSSR count). The lowest BCUT2D eigenvalue weighted by atomic mass is 10.2. The summed E-state index contributed by atoms with van der Waals surface area (Å²) in [5.41, 5.74) is 2.62. The monoisotopic (exact) mass is 303 g/mol. The third-order valence-corrected chi connectivity index (χ3v) is 2.79. The van der Waals surface area contributed by atoms with Gasteiger partial charge < -0.3 is 13.9 Å². The fourth-order valence-electron chi connectivity index (χ4n) is 1.77. The number of amides is 1. The second-order valence-electron chi connectivity index (χ2n) is 4.20. The highest BCUT2D eigenvalue weighted by molar-refractivity contribution is 5.95. The summed E-state index contributed by atoms with van der Waals surface area (Å²) >= 11 is 0. The summed E-state index contributed by atoms with van der Waals surface area (Å²) in [6.45, 7) is 0.121. The number of carbonyl (C=O) groups is 1.